The monoisotopic (exact) mass is 444 g/mol. The van der Waals surface area contributed by atoms with Crippen molar-refractivity contribution in [2.75, 3.05) is 16.4 Å². The molecule has 1 aliphatic carbocycles. The van der Waals surface area contributed by atoms with Crippen LogP contribution in [-0.2, 0) is 14.6 Å². The fourth-order valence-corrected chi connectivity index (χ4v) is 8.34. The van der Waals surface area contributed by atoms with Gasteiger partial charge in [-0.05, 0) is 30.5 Å². The van der Waals surface area contributed by atoms with Gasteiger partial charge in [0.15, 0.2) is 15.0 Å². The molecule has 0 unspecified atom stereocenters. The minimum atomic E-state index is -3.16. The van der Waals surface area contributed by atoms with Crippen molar-refractivity contribution in [1.29, 1.82) is 0 Å². The highest BCUT2D eigenvalue weighted by molar-refractivity contribution is 8.16. The molecule has 0 spiro atoms. The van der Waals surface area contributed by atoms with Gasteiger partial charge in [-0.25, -0.2) is 12.8 Å². The Morgan fingerprint density at radius 3 is 2.75 bits per heavy atom. The van der Waals surface area contributed by atoms with Crippen molar-refractivity contribution >= 4 is 50.0 Å². The fourth-order valence-electron chi connectivity index (χ4n) is 4.29. The molecule has 3 aliphatic rings. The number of carbonyl (C=O) groups is 1. The number of hydrogen-bond donors (Lipinski definition) is 0. The van der Waals surface area contributed by atoms with Crippen LogP contribution in [0.2, 0.25) is 5.02 Å². The molecule has 9 heteroatoms. The van der Waals surface area contributed by atoms with Crippen molar-refractivity contribution in [3.63, 3.8) is 0 Å². The van der Waals surface area contributed by atoms with Crippen LogP contribution in [0.5, 0.6) is 0 Å². The molecule has 5 nitrogen and oxygen atoms in total. The summed E-state index contributed by atoms with van der Waals surface area (Å²) in [6.07, 6.45) is 6.06. The van der Waals surface area contributed by atoms with E-state index < -0.39 is 15.7 Å². The topological polar surface area (TPSA) is 66.8 Å². The van der Waals surface area contributed by atoms with Crippen molar-refractivity contribution in [1.82, 2.24) is 0 Å². The Hall–Kier alpha value is -1.12. The van der Waals surface area contributed by atoms with E-state index in [4.69, 9.17) is 11.6 Å². The summed E-state index contributed by atoms with van der Waals surface area (Å²) < 4.78 is 38.2. The first-order chi connectivity index (χ1) is 13.3. The zero-order valence-electron chi connectivity index (χ0n) is 15.3. The van der Waals surface area contributed by atoms with Crippen molar-refractivity contribution in [2.24, 2.45) is 10.9 Å². The van der Waals surface area contributed by atoms with E-state index >= 15 is 0 Å². The molecular weight excluding hydrogens is 423 g/mol. The average molecular weight is 445 g/mol. The third kappa shape index (κ3) is 4.24. The predicted octanol–water partition coefficient (Wildman–Crippen LogP) is 4.05. The second kappa shape index (κ2) is 7.95. The first-order valence-electron chi connectivity index (χ1n) is 9.55. The maximum absolute atomic E-state index is 14.0. The van der Waals surface area contributed by atoms with Gasteiger partial charge in [-0.1, -0.05) is 49.0 Å². The molecule has 28 heavy (non-hydrogen) atoms. The van der Waals surface area contributed by atoms with Crippen LogP contribution in [0.4, 0.5) is 10.1 Å². The summed E-state index contributed by atoms with van der Waals surface area (Å²) in [5.41, 5.74) is 0.473. The number of nitrogens with zero attached hydrogens (tertiary/aromatic N) is 2. The van der Waals surface area contributed by atoms with Gasteiger partial charge >= 0.3 is 0 Å². The first kappa shape index (κ1) is 20.2. The van der Waals surface area contributed by atoms with Crippen LogP contribution in [-0.4, -0.2) is 42.3 Å². The summed E-state index contributed by atoms with van der Waals surface area (Å²) in [7, 11) is -3.16. The van der Waals surface area contributed by atoms with Crippen molar-refractivity contribution in [2.45, 2.75) is 49.8 Å². The third-order valence-electron chi connectivity index (χ3n) is 5.71. The number of sulfone groups is 1. The zero-order chi connectivity index (χ0) is 19.9. The molecule has 2 heterocycles. The van der Waals surface area contributed by atoms with Gasteiger partial charge in [-0.15, -0.1) is 0 Å². The van der Waals surface area contributed by atoms with Gasteiger partial charge in [0.1, 0.15) is 5.82 Å². The molecule has 1 amide bonds. The number of amides is 1. The standard InChI is InChI=1S/C19H22ClFN2O3S2/c20-14-7-6-13(9-15(14)21)23-16-10-28(25,26)11-17(16)27-19(23)22-18(24)8-5-12-3-1-2-4-12/h6-7,9,12,16-17H,1-5,8,10-11H2/t16-,17+/m0/s1. The van der Waals surface area contributed by atoms with Gasteiger partial charge in [-0.3, -0.25) is 4.79 Å². The number of hydrogen-bond acceptors (Lipinski definition) is 4. The van der Waals surface area contributed by atoms with E-state index in [-0.39, 0.29) is 33.7 Å². The number of anilines is 1. The number of aliphatic imine (C=N–C) groups is 1. The van der Waals surface area contributed by atoms with E-state index in [9.17, 15) is 17.6 Å². The minimum Gasteiger partial charge on any atom is -0.315 e. The number of thioether (sulfide) groups is 1. The molecular formula is C19H22ClFN2O3S2. The highest BCUT2D eigenvalue weighted by atomic mass is 35.5. The van der Waals surface area contributed by atoms with Gasteiger partial charge < -0.3 is 4.90 Å². The van der Waals surface area contributed by atoms with Crippen LogP contribution in [0.15, 0.2) is 23.2 Å². The molecule has 2 atom stereocenters. The van der Waals surface area contributed by atoms with Crippen LogP contribution in [0.3, 0.4) is 0 Å². The van der Waals surface area contributed by atoms with E-state index in [1.54, 1.807) is 11.0 Å². The van der Waals surface area contributed by atoms with Gasteiger partial charge in [-0.2, -0.15) is 4.99 Å². The Morgan fingerprint density at radius 2 is 2.04 bits per heavy atom. The maximum Gasteiger partial charge on any atom is 0.248 e. The molecule has 1 aromatic rings. The first-order valence-corrected chi connectivity index (χ1v) is 12.6. The molecule has 3 fully saturated rings. The highest BCUT2D eigenvalue weighted by Crippen LogP contribution is 2.41. The second-order valence-corrected chi connectivity index (χ2v) is 11.5. The van der Waals surface area contributed by atoms with E-state index in [1.165, 1.54) is 49.6 Å². The Kier molecular flexibility index (Phi) is 5.73. The second-order valence-electron chi connectivity index (χ2n) is 7.75. The lowest BCUT2D eigenvalue weighted by molar-refractivity contribution is -0.118. The highest BCUT2D eigenvalue weighted by Gasteiger charge is 2.49. The van der Waals surface area contributed by atoms with Crippen molar-refractivity contribution in [3.8, 4) is 0 Å². The Morgan fingerprint density at radius 1 is 1.29 bits per heavy atom. The van der Waals surface area contributed by atoms with Gasteiger partial charge in [0, 0.05) is 17.4 Å². The number of halogens is 2. The molecule has 152 valence electrons. The van der Waals surface area contributed by atoms with Gasteiger partial charge in [0.05, 0.1) is 22.6 Å². The number of benzene rings is 1. The summed E-state index contributed by atoms with van der Waals surface area (Å²) in [6, 6.07) is 4.00. The van der Waals surface area contributed by atoms with Crippen LogP contribution in [0, 0.1) is 11.7 Å². The maximum atomic E-state index is 14.0. The fraction of sp³-hybridized carbons (Fsp3) is 0.579. The van der Waals surface area contributed by atoms with Crippen LogP contribution in [0.1, 0.15) is 38.5 Å². The Balaban J connectivity index is 1.57. The molecule has 1 aromatic carbocycles. The van der Waals surface area contributed by atoms with E-state index in [2.05, 4.69) is 4.99 Å². The largest absolute Gasteiger partial charge is 0.315 e. The number of carbonyl (C=O) groups excluding carboxylic acids is 1. The lowest BCUT2D eigenvalue weighted by atomic mass is 10.0. The molecule has 0 radical (unpaired) electrons. The minimum absolute atomic E-state index is 0.00248. The Bertz CT molecular complexity index is 916. The summed E-state index contributed by atoms with van der Waals surface area (Å²) in [6.45, 7) is 0. The summed E-state index contributed by atoms with van der Waals surface area (Å²) in [4.78, 5) is 18.5. The van der Waals surface area contributed by atoms with Crippen LogP contribution < -0.4 is 4.90 Å². The Labute approximate surface area is 173 Å². The van der Waals surface area contributed by atoms with E-state index in [1.807, 2.05) is 0 Å². The molecule has 1 saturated carbocycles. The van der Waals surface area contributed by atoms with Crippen molar-refractivity contribution < 1.29 is 17.6 Å². The number of amidine groups is 1. The third-order valence-corrected chi connectivity index (χ3v) is 9.23. The molecule has 2 saturated heterocycles. The predicted molar refractivity (Wildman–Crippen MR) is 111 cm³/mol. The number of fused-ring (bicyclic) bond motifs is 1. The SMILES string of the molecule is O=C(CCC1CCCC1)N=C1S[C@@H]2CS(=O)(=O)C[C@@H]2N1c1ccc(Cl)c(F)c1. The normalized spacial score (nSPS) is 28.2. The van der Waals surface area contributed by atoms with Crippen molar-refractivity contribution in [3.05, 3.63) is 29.0 Å². The zero-order valence-corrected chi connectivity index (χ0v) is 17.7. The van der Waals surface area contributed by atoms with E-state index in [0.29, 0.717) is 23.2 Å². The molecule has 2 aliphatic heterocycles. The van der Waals surface area contributed by atoms with E-state index in [0.717, 1.165) is 6.42 Å². The van der Waals surface area contributed by atoms with Gasteiger partial charge in [0.2, 0.25) is 5.91 Å². The summed E-state index contributed by atoms with van der Waals surface area (Å²) in [5.74, 6) is -0.155. The smallest absolute Gasteiger partial charge is 0.248 e. The lowest BCUT2D eigenvalue weighted by Gasteiger charge is -2.24. The molecule has 4 rings (SSSR count). The molecule has 0 aromatic heterocycles. The van der Waals surface area contributed by atoms with Crippen LogP contribution >= 0.6 is 23.4 Å². The average Bonchev–Trinajstić information content (AvgIpc) is 3.30. The molecule has 0 bridgehead atoms. The van der Waals surface area contributed by atoms with Crippen LogP contribution in [0.25, 0.3) is 0 Å². The summed E-state index contributed by atoms with van der Waals surface area (Å²) >= 11 is 7.09. The molecule has 0 N–H and O–H groups in total. The summed E-state index contributed by atoms with van der Waals surface area (Å²) in [5, 5.41) is 0.255. The lowest BCUT2D eigenvalue weighted by Crippen LogP contribution is -2.37. The quantitative estimate of drug-likeness (QED) is 0.700. The number of rotatable bonds is 4. The van der Waals surface area contributed by atoms with Gasteiger partial charge in [0.25, 0.3) is 0 Å².